The molecule has 1 aliphatic carbocycles. The maximum Gasteiger partial charge on any atom is 0.256 e. The Hall–Kier alpha value is -2.18. The molecule has 0 radical (unpaired) electrons. The van der Waals surface area contributed by atoms with Gasteiger partial charge in [0.25, 0.3) is 5.91 Å². The molecule has 6 heteroatoms. The van der Waals surface area contributed by atoms with Crippen molar-refractivity contribution in [2.75, 3.05) is 13.1 Å². The Morgan fingerprint density at radius 3 is 3.07 bits per heavy atom. The van der Waals surface area contributed by atoms with E-state index in [2.05, 4.69) is 21.6 Å². The molecule has 3 N–H and O–H groups in total. The van der Waals surface area contributed by atoms with Gasteiger partial charge in [-0.15, -0.1) is 0 Å². The van der Waals surface area contributed by atoms with Crippen molar-refractivity contribution in [2.45, 2.75) is 57.7 Å². The van der Waals surface area contributed by atoms with Crippen LogP contribution in [0, 0.1) is 6.92 Å². The van der Waals surface area contributed by atoms with Crippen LogP contribution in [-0.2, 0) is 30.7 Å². The van der Waals surface area contributed by atoms with Crippen LogP contribution in [0.25, 0.3) is 0 Å². The van der Waals surface area contributed by atoms with E-state index in [1.165, 1.54) is 23.2 Å². The molecule has 1 aromatic carbocycles. The third-order valence-corrected chi connectivity index (χ3v) is 5.76. The van der Waals surface area contributed by atoms with Crippen molar-refractivity contribution in [3.05, 3.63) is 52.3 Å². The van der Waals surface area contributed by atoms with E-state index in [4.69, 9.17) is 0 Å². The summed E-state index contributed by atoms with van der Waals surface area (Å²) in [5, 5.41) is 21.7. The van der Waals surface area contributed by atoms with E-state index in [9.17, 15) is 9.90 Å². The van der Waals surface area contributed by atoms with E-state index in [1.807, 2.05) is 25.1 Å². The zero-order valence-electron chi connectivity index (χ0n) is 15.9. The van der Waals surface area contributed by atoms with Gasteiger partial charge in [-0.1, -0.05) is 29.8 Å². The third kappa shape index (κ3) is 3.77. The van der Waals surface area contributed by atoms with Crippen molar-refractivity contribution in [1.29, 1.82) is 0 Å². The Morgan fingerprint density at radius 1 is 1.33 bits per heavy atom. The predicted octanol–water partition coefficient (Wildman–Crippen LogP) is 1.85. The van der Waals surface area contributed by atoms with Crippen molar-refractivity contribution in [2.24, 2.45) is 0 Å². The molecule has 0 bridgehead atoms. The number of aliphatic hydroxyl groups is 1. The number of amides is 1. The standard InChI is InChI=1S/C21H28N4O2/c1-15-5-2-6-16(11-15)13-25-10-4-9-21(27,20(25)26)14-22-12-19-17-7-3-8-18(17)23-24-19/h2,5-6,11,22,27H,3-4,7-10,12-14H2,1H3,(H,23,24)/t21-/m1/s1. The minimum atomic E-state index is -1.33. The summed E-state index contributed by atoms with van der Waals surface area (Å²) in [6.45, 7) is 4.14. The first-order valence-electron chi connectivity index (χ1n) is 9.88. The maximum absolute atomic E-state index is 12.9. The second-order valence-electron chi connectivity index (χ2n) is 7.94. The van der Waals surface area contributed by atoms with E-state index in [1.54, 1.807) is 4.90 Å². The number of hydrogen-bond acceptors (Lipinski definition) is 4. The highest BCUT2D eigenvalue weighted by Gasteiger charge is 2.41. The summed E-state index contributed by atoms with van der Waals surface area (Å²) in [5.74, 6) is -0.171. The van der Waals surface area contributed by atoms with Crippen LogP contribution in [-0.4, -0.2) is 44.8 Å². The lowest BCUT2D eigenvalue weighted by molar-refractivity contribution is -0.157. The van der Waals surface area contributed by atoms with Crippen LogP contribution in [0.3, 0.4) is 0 Å². The number of carbonyl (C=O) groups excluding carboxylic acids is 1. The van der Waals surface area contributed by atoms with Crippen LogP contribution in [0.15, 0.2) is 24.3 Å². The molecule has 1 saturated heterocycles. The molecule has 2 aliphatic rings. The summed E-state index contributed by atoms with van der Waals surface area (Å²) in [6.07, 6.45) is 4.62. The summed E-state index contributed by atoms with van der Waals surface area (Å²) >= 11 is 0. The molecule has 1 aliphatic heterocycles. The lowest BCUT2D eigenvalue weighted by Crippen LogP contribution is -2.57. The fourth-order valence-electron chi connectivity index (χ4n) is 4.33. The minimum absolute atomic E-state index is 0.171. The normalized spacial score (nSPS) is 22.3. The number of piperidine rings is 1. The number of fused-ring (bicyclic) bond motifs is 1. The minimum Gasteiger partial charge on any atom is -0.379 e. The molecule has 1 amide bonds. The molecule has 27 heavy (non-hydrogen) atoms. The summed E-state index contributed by atoms with van der Waals surface area (Å²) < 4.78 is 0. The molecule has 4 rings (SSSR count). The van der Waals surface area contributed by atoms with E-state index >= 15 is 0 Å². The van der Waals surface area contributed by atoms with Crippen molar-refractivity contribution in [3.8, 4) is 0 Å². The van der Waals surface area contributed by atoms with Gasteiger partial charge in [0.2, 0.25) is 0 Å². The lowest BCUT2D eigenvalue weighted by Gasteiger charge is -2.38. The highest BCUT2D eigenvalue weighted by molar-refractivity contribution is 5.86. The molecule has 0 unspecified atom stereocenters. The number of aromatic amines is 1. The second-order valence-corrected chi connectivity index (χ2v) is 7.94. The number of nitrogens with one attached hydrogen (secondary N) is 2. The Morgan fingerprint density at radius 2 is 2.22 bits per heavy atom. The van der Waals surface area contributed by atoms with Gasteiger partial charge in [-0.05, 0) is 50.2 Å². The number of hydrogen-bond donors (Lipinski definition) is 3. The van der Waals surface area contributed by atoms with E-state index in [0.717, 1.165) is 30.5 Å². The molecule has 0 saturated carbocycles. The van der Waals surface area contributed by atoms with Crippen LogP contribution in [0.4, 0.5) is 0 Å². The van der Waals surface area contributed by atoms with E-state index in [-0.39, 0.29) is 12.5 Å². The van der Waals surface area contributed by atoms with Gasteiger partial charge < -0.3 is 15.3 Å². The van der Waals surface area contributed by atoms with E-state index in [0.29, 0.717) is 26.1 Å². The van der Waals surface area contributed by atoms with Crippen LogP contribution in [0.5, 0.6) is 0 Å². The summed E-state index contributed by atoms with van der Waals surface area (Å²) in [4.78, 5) is 14.7. The molecule has 2 heterocycles. The van der Waals surface area contributed by atoms with Crippen LogP contribution in [0.1, 0.15) is 47.3 Å². The molecule has 6 nitrogen and oxygen atoms in total. The number of likely N-dealkylation sites (tertiary alicyclic amines) is 1. The van der Waals surface area contributed by atoms with Crippen molar-refractivity contribution in [3.63, 3.8) is 0 Å². The molecule has 1 fully saturated rings. The van der Waals surface area contributed by atoms with Crippen molar-refractivity contribution in [1.82, 2.24) is 20.4 Å². The summed E-state index contributed by atoms with van der Waals surface area (Å²) in [6, 6.07) is 8.18. The molecule has 2 aromatic rings. The van der Waals surface area contributed by atoms with Gasteiger partial charge in [0.1, 0.15) is 0 Å². The molecule has 1 atom stereocenters. The van der Waals surface area contributed by atoms with Crippen LogP contribution < -0.4 is 5.32 Å². The predicted molar refractivity (Wildman–Crippen MR) is 103 cm³/mol. The van der Waals surface area contributed by atoms with Gasteiger partial charge in [-0.3, -0.25) is 9.89 Å². The molecule has 0 spiro atoms. The molecular formula is C21H28N4O2. The van der Waals surface area contributed by atoms with Gasteiger partial charge in [-0.25, -0.2) is 0 Å². The fourth-order valence-corrected chi connectivity index (χ4v) is 4.33. The smallest absolute Gasteiger partial charge is 0.256 e. The number of nitrogens with zero attached hydrogens (tertiary/aromatic N) is 2. The molecule has 144 valence electrons. The van der Waals surface area contributed by atoms with Gasteiger partial charge >= 0.3 is 0 Å². The molecule has 1 aromatic heterocycles. The maximum atomic E-state index is 12.9. The first kappa shape index (κ1) is 18.2. The average molecular weight is 368 g/mol. The number of aromatic nitrogens is 2. The highest BCUT2D eigenvalue weighted by atomic mass is 16.3. The zero-order valence-corrected chi connectivity index (χ0v) is 15.9. The second kappa shape index (κ2) is 7.44. The summed E-state index contributed by atoms with van der Waals surface area (Å²) in [7, 11) is 0. The Kier molecular flexibility index (Phi) is 5.02. The van der Waals surface area contributed by atoms with Gasteiger partial charge in [-0.2, -0.15) is 5.10 Å². The van der Waals surface area contributed by atoms with Crippen molar-refractivity contribution >= 4 is 5.91 Å². The van der Waals surface area contributed by atoms with Gasteiger partial charge in [0.15, 0.2) is 5.60 Å². The quantitative estimate of drug-likeness (QED) is 0.727. The highest BCUT2D eigenvalue weighted by Crippen LogP contribution is 2.25. The Balaban J connectivity index is 1.37. The average Bonchev–Trinajstić information content (AvgIpc) is 3.24. The lowest BCUT2D eigenvalue weighted by atomic mass is 9.91. The summed E-state index contributed by atoms with van der Waals surface area (Å²) in [5.41, 5.74) is 4.52. The van der Waals surface area contributed by atoms with Crippen LogP contribution >= 0.6 is 0 Å². The first-order chi connectivity index (χ1) is 13.0. The number of rotatable bonds is 6. The third-order valence-electron chi connectivity index (χ3n) is 5.76. The number of carbonyl (C=O) groups is 1. The Labute approximate surface area is 160 Å². The van der Waals surface area contributed by atoms with Crippen LogP contribution in [0.2, 0.25) is 0 Å². The number of benzene rings is 1. The largest absolute Gasteiger partial charge is 0.379 e. The Bertz CT molecular complexity index is 831. The SMILES string of the molecule is Cc1cccc(CN2CCC[C@@](O)(CNCc3n[nH]c4c3CCC4)C2=O)c1. The van der Waals surface area contributed by atoms with Crippen molar-refractivity contribution < 1.29 is 9.90 Å². The van der Waals surface area contributed by atoms with E-state index < -0.39 is 5.60 Å². The van der Waals surface area contributed by atoms with Gasteiger partial charge in [0.05, 0.1) is 5.69 Å². The molecular weight excluding hydrogens is 340 g/mol. The zero-order chi connectivity index (χ0) is 18.9. The van der Waals surface area contributed by atoms with Gasteiger partial charge in [0, 0.05) is 31.9 Å². The monoisotopic (exact) mass is 368 g/mol. The number of aryl methyl sites for hydroxylation is 2. The fraction of sp³-hybridized carbons (Fsp3) is 0.524. The first-order valence-corrected chi connectivity index (χ1v) is 9.88. The number of H-pyrrole nitrogens is 1. The topological polar surface area (TPSA) is 81.2 Å².